The molecule has 2 aromatic rings. The average Bonchev–Trinajstić information content (AvgIpc) is 3.31. The normalized spacial score (nSPS) is 20.6. The fourth-order valence-corrected chi connectivity index (χ4v) is 3.81. The summed E-state index contributed by atoms with van der Waals surface area (Å²) >= 11 is 0. The van der Waals surface area contributed by atoms with Crippen LogP contribution in [0.5, 0.6) is 0 Å². The van der Waals surface area contributed by atoms with Gasteiger partial charge in [0.05, 0.1) is 29.9 Å². The van der Waals surface area contributed by atoms with Gasteiger partial charge in [-0.2, -0.15) is 5.10 Å². The summed E-state index contributed by atoms with van der Waals surface area (Å²) in [5.74, 6) is -0.0408. The summed E-state index contributed by atoms with van der Waals surface area (Å²) in [5.41, 5.74) is 3.09. The number of aromatic nitrogens is 3. The Labute approximate surface area is 136 Å². The largest absolute Gasteiger partial charge is 0.350 e. The molecule has 2 aromatic heterocycles. The summed E-state index contributed by atoms with van der Waals surface area (Å²) in [6.45, 7) is 0.497. The van der Waals surface area contributed by atoms with Gasteiger partial charge in [-0.25, -0.2) is 0 Å². The maximum absolute atomic E-state index is 12.5. The Hall–Kier alpha value is -2.17. The highest BCUT2D eigenvalue weighted by Gasteiger charge is 2.29. The number of carbonyl (C=O) groups excluding carboxylic acids is 1. The van der Waals surface area contributed by atoms with E-state index in [1.165, 1.54) is 31.2 Å². The quantitative estimate of drug-likeness (QED) is 0.944. The van der Waals surface area contributed by atoms with Crippen LogP contribution in [0.15, 0.2) is 30.6 Å². The van der Waals surface area contributed by atoms with Crippen molar-refractivity contribution in [2.75, 3.05) is 0 Å². The van der Waals surface area contributed by atoms with Gasteiger partial charge in [0.25, 0.3) is 0 Å². The molecule has 2 heterocycles. The van der Waals surface area contributed by atoms with Gasteiger partial charge in [0.1, 0.15) is 0 Å². The van der Waals surface area contributed by atoms with E-state index in [0.717, 1.165) is 24.2 Å². The average molecular weight is 310 g/mol. The standard InChI is InChI=1S/C18H22N4O/c23-18(16-8-7-13-4-3-10-19-17(13)16)20-12-14-9-11-22(21-14)15-5-1-2-6-15/h3-4,9-11,15-16H,1-2,5-8,12H2,(H,20,23). The maximum Gasteiger partial charge on any atom is 0.229 e. The lowest BCUT2D eigenvalue weighted by atomic mass is 10.1. The Morgan fingerprint density at radius 3 is 3.00 bits per heavy atom. The minimum absolute atomic E-state index is 0.0675. The topological polar surface area (TPSA) is 59.8 Å². The molecule has 0 aliphatic heterocycles. The van der Waals surface area contributed by atoms with Gasteiger partial charge in [-0.05, 0) is 43.4 Å². The maximum atomic E-state index is 12.5. The van der Waals surface area contributed by atoms with Gasteiger partial charge in [-0.1, -0.05) is 18.9 Å². The lowest BCUT2D eigenvalue weighted by molar-refractivity contribution is -0.122. The van der Waals surface area contributed by atoms with Crippen LogP contribution in [0.3, 0.4) is 0 Å². The zero-order valence-corrected chi connectivity index (χ0v) is 13.2. The molecule has 23 heavy (non-hydrogen) atoms. The van der Waals surface area contributed by atoms with Gasteiger partial charge in [-0.15, -0.1) is 0 Å². The SMILES string of the molecule is O=C(NCc1ccn(C2CCCC2)n1)C1CCc2cccnc21. The second kappa shape index (κ2) is 6.14. The van der Waals surface area contributed by atoms with E-state index in [1.807, 2.05) is 18.3 Å². The van der Waals surface area contributed by atoms with Gasteiger partial charge < -0.3 is 5.32 Å². The zero-order chi connectivity index (χ0) is 15.6. The first-order chi connectivity index (χ1) is 11.3. The fourth-order valence-electron chi connectivity index (χ4n) is 3.81. The van der Waals surface area contributed by atoms with Gasteiger partial charge in [-0.3, -0.25) is 14.5 Å². The molecule has 120 valence electrons. The van der Waals surface area contributed by atoms with Crippen molar-refractivity contribution in [2.45, 2.75) is 57.0 Å². The number of hydrogen-bond acceptors (Lipinski definition) is 3. The molecule has 1 amide bonds. The molecule has 0 radical (unpaired) electrons. The number of nitrogens with zero attached hydrogens (tertiary/aromatic N) is 3. The first kappa shape index (κ1) is 14.4. The van der Waals surface area contributed by atoms with E-state index in [-0.39, 0.29) is 11.8 Å². The molecule has 1 unspecified atom stereocenters. The number of fused-ring (bicyclic) bond motifs is 1. The van der Waals surface area contributed by atoms with E-state index in [9.17, 15) is 4.79 Å². The lowest BCUT2D eigenvalue weighted by Gasteiger charge is -2.11. The molecule has 4 rings (SSSR count). The number of carbonyl (C=O) groups is 1. The molecular weight excluding hydrogens is 288 g/mol. The van der Waals surface area contributed by atoms with Crippen LogP contribution in [0.25, 0.3) is 0 Å². The molecule has 2 aliphatic carbocycles. The molecule has 0 aromatic carbocycles. The molecule has 2 aliphatic rings. The van der Waals surface area contributed by atoms with Crippen LogP contribution < -0.4 is 5.32 Å². The van der Waals surface area contributed by atoms with Crippen molar-refractivity contribution in [3.05, 3.63) is 47.5 Å². The molecular formula is C18H22N4O. The Kier molecular flexibility index (Phi) is 3.85. The second-order valence-corrected chi connectivity index (χ2v) is 6.58. The van der Waals surface area contributed by atoms with Crippen LogP contribution in [0.1, 0.15) is 61.0 Å². The van der Waals surface area contributed by atoms with E-state index in [0.29, 0.717) is 12.6 Å². The van der Waals surface area contributed by atoms with Crippen LogP contribution in [0.2, 0.25) is 0 Å². The highest BCUT2D eigenvalue weighted by molar-refractivity contribution is 5.84. The minimum atomic E-state index is -0.108. The molecule has 0 spiro atoms. The third-order valence-electron chi connectivity index (χ3n) is 5.08. The van der Waals surface area contributed by atoms with E-state index in [2.05, 4.69) is 26.1 Å². The van der Waals surface area contributed by atoms with Gasteiger partial charge in [0, 0.05) is 12.4 Å². The molecule has 0 saturated heterocycles. The Morgan fingerprint density at radius 2 is 2.13 bits per heavy atom. The van der Waals surface area contributed by atoms with Crippen molar-refractivity contribution in [1.29, 1.82) is 0 Å². The molecule has 1 atom stereocenters. The number of hydrogen-bond donors (Lipinski definition) is 1. The van der Waals surface area contributed by atoms with Crippen molar-refractivity contribution in [3.63, 3.8) is 0 Å². The van der Waals surface area contributed by atoms with E-state index in [4.69, 9.17) is 0 Å². The van der Waals surface area contributed by atoms with Crippen LogP contribution in [-0.2, 0) is 17.8 Å². The Morgan fingerprint density at radius 1 is 1.26 bits per heavy atom. The predicted molar refractivity (Wildman–Crippen MR) is 86.9 cm³/mol. The number of nitrogens with one attached hydrogen (secondary N) is 1. The van der Waals surface area contributed by atoms with Gasteiger partial charge in [0.2, 0.25) is 5.91 Å². The minimum Gasteiger partial charge on any atom is -0.350 e. The number of aryl methyl sites for hydroxylation is 1. The fraction of sp³-hybridized carbons (Fsp3) is 0.500. The summed E-state index contributed by atoms with van der Waals surface area (Å²) in [4.78, 5) is 16.9. The summed E-state index contributed by atoms with van der Waals surface area (Å²) in [5, 5.41) is 7.65. The van der Waals surface area contributed by atoms with Crippen LogP contribution in [-0.4, -0.2) is 20.7 Å². The van der Waals surface area contributed by atoms with Crippen molar-refractivity contribution in [3.8, 4) is 0 Å². The predicted octanol–water partition coefficient (Wildman–Crippen LogP) is 2.74. The van der Waals surface area contributed by atoms with E-state index in [1.54, 1.807) is 6.20 Å². The lowest BCUT2D eigenvalue weighted by Crippen LogP contribution is -2.28. The summed E-state index contributed by atoms with van der Waals surface area (Å²) in [7, 11) is 0. The third-order valence-corrected chi connectivity index (χ3v) is 5.08. The van der Waals surface area contributed by atoms with Crippen LogP contribution in [0, 0.1) is 0 Å². The van der Waals surface area contributed by atoms with E-state index < -0.39 is 0 Å². The van der Waals surface area contributed by atoms with Crippen LogP contribution in [0.4, 0.5) is 0 Å². The molecule has 5 heteroatoms. The first-order valence-corrected chi connectivity index (χ1v) is 8.57. The first-order valence-electron chi connectivity index (χ1n) is 8.57. The Bertz CT molecular complexity index is 703. The summed E-state index contributed by atoms with van der Waals surface area (Å²) < 4.78 is 2.07. The smallest absolute Gasteiger partial charge is 0.229 e. The zero-order valence-electron chi connectivity index (χ0n) is 13.2. The van der Waals surface area contributed by atoms with Gasteiger partial charge in [0.15, 0.2) is 0 Å². The van der Waals surface area contributed by atoms with Gasteiger partial charge >= 0.3 is 0 Å². The van der Waals surface area contributed by atoms with Crippen molar-refractivity contribution in [2.24, 2.45) is 0 Å². The number of amides is 1. The van der Waals surface area contributed by atoms with Crippen molar-refractivity contribution < 1.29 is 4.79 Å². The molecule has 0 bridgehead atoms. The van der Waals surface area contributed by atoms with E-state index >= 15 is 0 Å². The number of pyridine rings is 1. The molecule has 5 nitrogen and oxygen atoms in total. The molecule has 1 N–H and O–H groups in total. The van der Waals surface area contributed by atoms with Crippen molar-refractivity contribution >= 4 is 5.91 Å². The monoisotopic (exact) mass is 310 g/mol. The highest BCUT2D eigenvalue weighted by atomic mass is 16.1. The highest BCUT2D eigenvalue weighted by Crippen LogP contribution is 2.31. The second-order valence-electron chi connectivity index (χ2n) is 6.58. The third kappa shape index (κ3) is 2.87. The van der Waals surface area contributed by atoms with Crippen LogP contribution >= 0.6 is 0 Å². The molecule has 1 fully saturated rings. The molecule has 1 saturated carbocycles. The summed E-state index contributed by atoms with van der Waals surface area (Å²) in [6.07, 6.45) is 10.6. The van der Waals surface area contributed by atoms with Crippen molar-refractivity contribution in [1.82, 2.24) is 20.1 Å². The summed E-state index contributed by atoms with van der Waals surface area (Å²) in [6, 6.07) is 6.57. The number of rotatable bonds is 4. The Balaban J connectivity index is 1.37.